The predicted octanol–water partition coefficient (Wildman–Crippen LogP) is 2.89. The Balaban J connectivity index is 2.72. The van der Waals surface area contributed by atoms with E-state index in [4.69, 9.17) is 0 Å². The largest absolute Gasteiger partial charge is 0.313 e. The first-order valence-corrected chi connectivity index (χ1v) is 4.99. The Hall–Kier alpha value is -0.600. The topological polar surface area (TPSA) is 12.0 Å². The number of nitrogens with one attached hydrogen (secondary N) is 1. The highest BCUT2D eigenvalue weighted by molar-refractivity contribution is 7.10. The van der Waals surface area contributed by atoms with E-state index in [2.05, 4.69) is 30.3 Å². The second kappa shape index (κ2) is 4.43. The van der Waals surface area contributed by atoms with Crippen molar-refractivity contribution in [3.05, 3.63) is 34.5 Å². The molecule has 1 atom stereocenters. The molecule has 1 aromatic heterocycles. The molecule has 2 heteroatoms. The minimum absolute atomic E-state index is 0.437. The van der Waals surface area contributed by atoms with Crippen LogP contribution in [0.4, 0.5) is 0 Å². The summed E-state index contributed by atoms with van der Waals surface area (Å²) in [5.41, 5.74) is 1.37. The zero-order chi connectivity index (χ0) is 8.97. The molecule has 1 heterocycles. The Kier molecular flexibility index (Phi) is 3.50. The van der Waals surface area contributed by atoms with Gasteiger partial charge in [0, 0.05) is 10.9 Å². The van der Waals surface area contributed by atoms with E-state index >= 15 is 0 Å². The predicted molar refractivity (Wildman–Crippen MR) is 55.7 cm³/mol. The van der Waals surface area contributed by atoms with Gasteiger partial charge in [-0.2, -0.15) is 0 Å². The number of thiophene rings is 1. The van der Waals surface area contributed by atoms with Crippen molar-refractivity contribution < 1.29 is 0 Å². The van der Waals surface area contributed by atoms with Crippen LogP contribution >= 0.6 is 11.3 Å². The van der Waals surface area contributed by atoms with E-state index in [9.17, 15) is 0 Å². The lowest BCUT2D eigenvalue weighted by Crippen LogP contribution is -2.14. The van der Waals surface area contributed by atoms with Gasteiger partial charge in [-0.05, 0) is 37.4 Å². The second-order valence-corrected chi connectivity index (χ2v) is 3.97. The number of hydrogen-bond acceptors (Lipinski definition) is 2. The quantitative estimate of drug-likeness (QED) is 0.704. The van der Waals surface area contributed by atoms with Gasteiger partial charge >= 0.3 is 0 Å². The Bertz CT molecular complexity index is 252. The highest BCUT2D eigenvalue weighted by atomic mass is 32.1. The molecule has 1 unspecified atom stereocenters. The number of hydrogen-bond donors (Lipinski definition) is 1. The van der Waals surface area contributed by atoms with Crippen LogP contribution in [-0.2, 0) is 0 Å². The van der Waals surface area contributed by atoms with Crippen LogP contribution in [-0.4, -0.2) is 7.05 Å². The van der Waals surface area contributed by atoms with E-state index in [1.807, 2.05) is 13.1 Å². The molecule has 0 saturated carbocycles. The standard InChI is InChI=1S/C10H15NS/c1-4-5-10(11-3)9-6-8(2)12-7-9/h4,6-7,10-11H,1,5H2,2-3H3. The first-order chi connectivity index (χ1) is 5.77. The lowest BCUT2D eigenvalue weighted by molar-refractivity contribution is 0.605. The van der Waals surface area contributed by atoms with Gasteiger partial charge in [-0.15, -0.1) is 17.9 Å². The molecule has 0 amide bonds. The van der Waals surface area contributed by atoms with Gasteiger partial charge in [-0.3, -0.25) is 0 Å². The van der Waals surface area contributed by atoms with Gasteiger partial charge in [-0.1, -0.05) is 6.08 Å². The average Bonchev–Trinajstić information content (AvgIpc) is 2.47. The Labute approximate surface area is 78.1 Å². The van der Waals surface area contributed by atoms with Crippen LogP contribution < -0.4 is 5.32 Å². The molecule has 0 aromatic carbocycles. The molecule has 1 N–H and O–H groups in total. The molecular formula is C10H15NS. The fourth-order valence-electron chi connectivity index (χ4n) is 1.23. The van der Waals surface area contributed by atoms with Gasteiger partial charge in [0.25, 0.3) is 0 Å². The highest BCUT2D eigenvalue weighted by Crippen LogP contribution is 2.22. The highest BCUT2D eigenvalue weighted by Gasteiger charge is 2.07. The maximum Gasteiger partial charge on any atom is 0.0360 e. The van der Waals surface area contributed by atoms with Crippen molar-refractivity contribution in [1.82, 2.24) is 5.32 Å². The van der Waals surface area contributed by atoms with E-state index in [1.54, 1.807) is 11.3 Å². The molecule has 0 aliphatic carbocycles. The van der Waals surface area contributed by atoms with Crippen molar-refractivity contribution in [2.24, 2.45) is 0 Å². The second-order valence-electron chi connectivity index (χ2n) is 2.86. The Morgan fingerprint density at radius 1 is 1.75 bits per heavy atom. The summed E-state index contributed by atoms with van der Waals surface area (Å²) >= 11 is 1.80. The van der Waals surface area contributed by atoms with E-state index in [-0.39, 0.29) is 0 Å². The fourth-order valence-corrected chi connectivity index (χ4v) is 1.99. The maximum absolute atomic E-state index is 3.74. The van der Waals surface area contributed by atoms with E-state index in [0.717, 1.165) is 6.42 Å². The van der Waals surface area contributed by atoms with Crippen LogP contribution in [0, 0.1) is 6.92 Å². The summed E-state index contributed by atoms with van der Waals surface area (Å²) in [6.45, 7) is 5.88. The molecule has 12 heavy (non-hydrogen) atoms. The molecule has 1 aromatic rings. The molecule has 1 nitrogen and oxygen atoms in total. The van der Waals surface area contributed by atoms with Gasteiger partial charge in [0.2, 0.25) is 0 Å². The normalized spacial score (nSPS) is 12.8. The van der Waals surface area contributed by atoms with Crippen LogP contribution in [0.2, 0.25) is 0 Å². The fraction of sp³-hybridized carbons (Fsp3) is 0.400. The molecule has 0 aliphatic rings. The summed E-state index contributed by atoms with van der Waals surface area (Å²) in [5.74, 6) is 0. The lowest BCUT2D eigenvalue weighted by Gasteiger charge is -2.11. The Morgan fingerprint density at radius 3 is 2.92 bits per heavy atom. The molecule has 0 spiro atoms. The zero-order valence-electron chi connectivity index (χ0n) is 7.63. The van der Waals surface area contributed by atoms with Crippen LogP contribution in [0.15, 0.2) is 24.1 Å². The molecule has 66 valence electrons. The minimum atomic E-state index is 0.437. The first-order valence-electron chi connectivity index (χ1n) is 4.11. The zero-order valence-corrected chi connectivity index (χ0v) is 8.45. The smallest absolute Gasteiger partial charge is 0.0360 e. The van der Waals surface area contributed by atoms with E-state index in [0.29, 0.717) is 6.04 Å². The molecule has 0 fully saturated rings. The third kappa shape index (κ3) is 2.19. The van der Waals surface area contributed by atoms with Crippen LogP contribution in [0.1, 0.15) is 22.9 Å². The van der Waals surface area contributed by atoms with Crippen molar-refractivity contribution >= 4 is 11.3 Å². The monoisotopic (exact) mass is 181 g/mol. The van der Waals surface area contributed by atoms with E-state index in [1.165, 1.54) is 10.4 Å². The summed E-state index contributed by atoms with van der Waals surface area (Å²) in [6.07, 6.45) is 2.95. The number of rotatable bonds is 4. The SMILES string of the molecule is C=CCC(NC)c1csc(C)c1. The van der Waals surface area contributed by atoms with Gasteiger partial charge < -0.3 is 5.32 Å². The van der Waals surface area contributed by atoms with Crippen molar-refractivity contribution in [2.45, 2.75) is 19.4 Å². The molecule has 0 aliphatic heterocycles. The minimum Gasteiger partial charge on any atom is -0.313 e. The summed E-state index contributed by atoms with van der Waals surface area (Å²) in [6, 6.07) is 2.67. The van der Waals surface area contributed by atoms with Crippen molar-refractivity contribution in [1.29, 1.82) is 0 Å². The van der Waals surface area contributed by atoms with Crippen molar-refractivity contribution in [2.75, 3.05) is 7.05 Å². The van der Waals surface area contributed by atoms with Gasteiger partial charge in [0.15, 0.2) is 0 Å². The summed E-state index contributed by atoms with van der Waals surface area (Å²) < 4.78 is 0. The summed E-state index contributed by atoms with van der Waals surface area (Å²) in [7, 11) is 1.99. The lowest BCUT2D eigenvalue weighted by atomic mass is 10.1. The van der Waals surface area contributed by atoms with E-state index < -0.39 is 0 Å². The molecule has 0 radical (unpaired) electrons. The number of aryl methyl sites for hydroxylation is 1. The summed E-state index contributed by atoms with van der Waals surface area (Å²) in [5, 5.41) is 5.48. The van der Waals surface area contributed by atoms with Crippen LogP contribution in [0.3, 0.4) is 0 Å². The summed E-state index contributed by atoms with van der Waals surface area (Å²) in [4.78, 5) is 1.37. The Morgan fingerprint density at radius 2 is 2.50 bits per heavy atom. The average molecular weight is 181 g/mol. The first kappa shape index (κ1) is 9.49. The van der Waals surface area contributed by atoms with Gasteiger partial charge in [-0.25, -0.2) is 0 Å². The molecule has 0 saturated heterocycles. The van der Waals surface area contributed by atoms with Gasteiger partial charge in [0.05, 0.1) is 0 Å². The van der Waals surface area contributed by atoms with Crippen LogP contribution in [0.25, 0.3) is 0 Å². The van der Waals surface area contributed by atoms with Gasteiger partial charge in [0.1, 0.15) is 0 Å². The third-order valence-corrected chi connectivity index (χ3v) is 2.78. The molecule has 1 rings (SSSR count). The molecule has 0 bridgehead atoms. The van der Waals surface area contributed by atoms with Crippen LogP contribution in [0.5, 0.6) is 0 Å². The maximum atomic E-state index is 3.74. The van der Waals surface area contributed by atoms with Crippen molar-refractivity contribution in [3.8, 4) is 0 Å². The third-order valence-electron chi connectivity index (χ3n) is 1.90. The van der Waals surface area contributed by atoms with Crippen molar-refractivity contribution in [3.63, 3.8) is 0 Å². The molecular weight excluding hydrogens is 166 g/mol.